The molecule has 4 N–H and O–H groups in total. The SMILES string of the molecule is Cc1ccc2oc(-c3c(Cl)nc(N)nc3N[C@H]3CC[C@@H](CO)C3)cc2c1. The molecule has 4 rings (SSSR count). The summed E-state index contributed by atoms with van der Waals surface area (Å²) in [6.07, 6.45) is 2.84. The van der Waals surface area contributed by atoms with Crippen LogP contribution in [0.4, 0.5) is 11.8 Å². The van der Waals surface area contributed by atoms with Crippen LogP contribution >= 0.6 is 11.6 Å². The zero-order valence-electron chi connectivity index (χ0n) is 14.5. The Kier molecular flexibility index (Phi) is 4.46. The maximum Gasteiger partial charge on any atom is 0.223 e. The molecule has 2 heterocycles. The van der Waals surface area contributed by atoms with Crippen LogP contribution in [0.15, 0.2) is 28.7 Å². The Balaban J connectivity index is 1.74. The van der Waals surface area contributed by atoms with Crippen LogP contribution in [-0.2, 0) is 0 Å². The molecule has 136 valence electrons. The predicted octanol–water partition coefficient (Wildman–Crippen LogP) is 4.01. The highest BCUT2D eigenvalue weighted by atomic mass is 35.5. The third kappa shape index (κ3) is 3.22. The molecule has 0 aliphatic heterocycles. The Morgan fingerprint density at radius 3 is 2.92 bits per heavy atom. The molecule has 0 saturated heterocycles. The van der Waals surface area contributed by atoms with E-state index in [-0.39, 0.29) is 23.8 Å². The van der Waals surface area contributed by atoms with Gasteiger partial charge in [-0.3, -0.25) is 0 Å². The van der Waals surface area contributed by atoms with Crippen molar-refractivity contribution in [2.75, 3.05) is 17.7 Å². The number of aliphatic hydroxyl groups excluding tert-OH is 1. The first kappa shape index (κ1) is 17.1. The van der Waals surface area contributed by atoms with Gasteiger partial charge >= 0.3 is 0 Å². The summed E-state index contributed by atoms with van der Waals surface area (Å²) in [6, 6.07) is 8.16. The van der Waals surface area contributed by atoms with E-state index in [1.54, 1.807) is 0 Å². The molecule has 2 atom stereocenters. The van der Waals surface area contributed by atoms with Crippen LogP contribution in [-0.4, -0.2) is 27.7 Å². The fraction of sp³-hybridized carbons (Fsp3) is 0.368. The highest BCUT2D eigenvalue weighted by Crippen LogP contribution is 2.38. The van der Waals surface area contributed by atoms with Crippen molar-refractivity contribution in [3.05, 3.63) is 35.0 Å². The van der Waals surface area contributed by atoms with Gasteiger partial charge in [0.25, 0.3) is 0 Å². The van der Waals surface area contributed by atoms with E-state index < -0.39 is 0 Å². The zero-order chi connectivity index (χ0) is 18.3. The van der Waals surface area contributed by atoms with Gasteiger partial charge in [0.1, 0.15) is 22.3 Å². The smallest absolute Gasteiger partial charge is 0.223 e. The number of nitrogens with zero attached hydrogens (tertiary/aromatic N) is 2. The number of fused-ring (bicyclic) bond motifs is 1. The Hall–Kier alpha value is -2.31. The molecule has 0 unspecified atom stereocenters. The molecule has 0 radical (unpaired) electrons. The molecule has 26 heavy (non-hydrogen) atoms. The van der Waals surface area contributed by atoms with Crippen molar-refractivity contribution >= 4 is 34.3 Å². The van der Waals surface area contributed by atoms with Gasteiger partial charge in [0.2, 0.25) is 5.95 Å². The van der Waals surface area contributed by atoms with Crippen molar-refractivity contribution in [3.63, 3.8) is 0 Å². The van der Waals surface area contributed by atoms with Crippen molar-refractivity contribution in [1.29, 1.82) is 0 Å². The van der Waals surface area contributed by atoms with Crippen LogP contribution in [0, 0.1) is 12.8 Å². The van der Waals surface area contributed by atoms with E-state index in [2.05, 4.69) is 21.4 Å². The lowest BCUT2D eigenvalue weighted by molar-refractivity contribution is 0.229. The normalized spacial score (nSPS) is 20.0. The second kappa shape index (κ2) is 6.78. The van der Waals surface area contributed by atoms with Gasteiger partial charge in [0.15, 0.2) is 0 Å². The molecule has 0 amide bonds. The van der Waals surface area contributed by atoms with Gasteiger partial charge in [-0.1, -0.05) is 23.2 Å². The summed E-state index contributed by atoms with van der Waals surface area (Å²) in [5.41, 5.74) is 8.36. The van der Waals surface area contributed by atoms with Gasteiger partial charge in [-0.05, 0) is 50.3 Å². The number of nitrogens with two attached hydrogens (primary N) is 1. The van der Waals surface area contributed by atoms with E-state index in [1.807, 2.05) is 25.1 Å². The molecule has 7 heteroatoms. The fourth-order valence-corrected chi connectivity index (χ4v) is 3.89. The van der Waals surface area contributed by atoms with E-state index in [0.29, 0.717) is 23.1 Å². The summed E-state index contributed by atoms with van der Waals surface area (Å²) in [6.45, 7) is 2.25. The van der Waals surface area contributed by atoms with Gasteiger partial charge in [0.05, 0.1) is 5.56 Å². The standard InChI is InChI=1S/C19H21ClN4O2/c1-10-2-5-14-12(6-10)8-15(26-14)16-17(20)23-19(21)24-18(16)22-13-4-3-11(7-13)9-25/h2,5-6,8,11,13,25H,3-4,7,9H2,1H3,(H3,21,22,23,24)/t11-,13+/m1/s1. The van der Waals surface area contributed by atoms with Gasteiger partial charge in [-0.2, -0.15) is 4.98 Å². The van der Waals surface area contributed by atoms with Gasteiger partial charge in [0, 0.05) is 18.0 Å². The Bertz CT molecular complexity index is 956. The van der Waals surface area contributed by atoms with Crippen LogP contribution in [0.2, 0.25) is 5.15 Å². The Morgan fingerprint density at radius 2 is 2.15 bits per heavy atom. The number of aryl methyl sites for hydroxylation is 1. The molecule has 1 aliphatic rings. The van der Waals surface area contributed by atoms with E-state index in [9.17, 15) is 5.11 Å². The first-order valence-electron chi connectivity index (χ1n) is 8.74. The van der Waals surface area contributed by atoms with Gasteiger partial charge in [-0.25, -0.2) is 4.98 Å². The minimum absolute atomic E-state index is 0.116. The van der Waals surface area contributed by atoms with E-state index in [0.717, 1.165) is 35.8 Å². The molecule has 0 bridgehead atoms. The lowest BCUT2D eigenvalue weighted by atomic mass is 10.1. The molecule has 6 nitrogen and oxygen atoms in total. The van der Waals surface area contributed by atoms with E-state index >= 15 is 0 Å². The molecule has 1 saturated carbocycles. The number of rotatable bonds is 4. The summed E-state index contributed by atoms with van der Waals surface area (Å²) in [5.74, 6) is 1.61. The summed E-state index contributed by atoms with van der Waals surface area (Å²) < 4.78 is 5.99. The maximum atomic E-state index is 9.36. The van der Waals surface area contributed by atoms with Gasteiger partial charge < -0.3 is 20.6 Å². The predicted molar refractivity (Wildman–Crippen MR) is 103 cm³/mol. The summed E-state index contributed by atoms with van der Waals surface area (Å²) >= 11 is 6.40. The van der Waals surface area contributed by atoms with Crippen molar-refractivity contribution < 1.29 is 9.52 Å². The minimum atomic E-state index is 0.116. The van der Waals surface area contributed by atoms with Crippen LogP contribution < -0.4 is 11.1 Å². The second-order valence-electron chi connectivity index (χ2n) is 6.95. The number of anilines is 2. The van der Waals surface area contributed by atoms with Crippen LogP contribution in [0.1, 0.15) is 24.8 Å². The number of furan rings is 1. The number of nitrogen functional groups attached to an aromatic ring is 1. The quantitative estimate of drug-likeness (QED) is 0.599. The average molecular weight is 373 g/mol. The number of aromatic nitrogens is 2. The Morgan fingerprint density at radius 1 is 1.31 bits per heavy atom. The van der Waals surface area contributed by atoms with E-state index in [4.69, 9.17) is 21.8 Å². The minimum Gasteiger partial charge on any atom is -0.456 e. The highest BCUT2D eigenvalue weighted by Gasteiger charge is 2.26. The fourth-order valence-electron chi connectivity index (χ4n) is 3.62. The molecular weight excluding hydrogens is 352 g/mol. The van der Waals surface area contributed by atoms with Crippen molar-refractivity contribution in [1.82, 2.24) is 9.97 Å². The second-order valence-corrected chi connectivity index (χ2v) is 7.31. The maximum absolute atomic E-state index is 9.36. The molecule has 1 aromatic carbocycles. The lowest BCUT2D eigenvalue weighted by Crippen LogP contribution is -2.18. The molecular formula is C19H21ClN4O2. The topological polar surface area (TPSA) is 97.2 Å². The third-order valence-electron chi connectivity index (χ3n) is 4.94. The summed E-state index contributed by atoms with van der Waals surface area (Å²) in [7, 11) is 0. The van der Waals surface area contributed by atoms with Crippen LogP contribution in [0.25, 0.3) is 22.3 Å². The van der Waals surface area contributed by atoms with Crippen molar-refractivity contribution in [2.24, 2.45) is 5.92 Å². The number of hydrogen-bond acceptors (Lipinski definition) is 6. The zero-order valence-corrected chi connectivity index (χ0v) is 15.3. The van der Waals surface area contributed by atoms with E-state index in [1.165, 1.54) is 0 Å². The van der Waals surface area contributed by atoms with Crippen LogP contribution in [0.5, 0.6) is 0 Å². The number of halogens is 1. The van der Waals surface area contributed by atoms with Gasteiger partial charge in [-0.15, -0.1) is 0 Å². The molecule has 2 aromatic heterocycles. The third-order valence-corrected chi connectivity index (χ3v) is 5.21. The Labute approximate surface area is 156 Å². The summed E-state index contributed by atoms with van der Waals surface area (Å²) in [5, 5.41) is 14.0. The first-order valence-corrected chi connectivity index (χ1v) is 9.12. The first-order chi connectivity index (χ1) is 12.5. The van der Waals surface area contributed by atoms with Crippen LogP contribution in [0.3, 0.4) is 0 Å². The average Bonchev–Trinajstić information content (AvgIpc) is 3.20. The largest absolute Gasteiger partial charge is 0.456 e. The number of aliphatic hydroxyl groups is 1. The monoisotopic (exact) mass is 372 g/mol. The lowest BCUT2D eigenvalue weighted by Gasteiger charge is -2.16. The van der Waals surface area contributed by atoms with Crippen molar-refractivity contribution in [3.8, 4) is 11.3 Å². The summed E-state index contributed by atoms with van der Waals surface area (Å²) in [4.78, 5) is 8.46. The number of benzene rings is 1. The number of nitrogens with one attached hydrogen (secondary N) is 1. The molecule has 1 fully saturated rings. The number of hydrogen-bond donors (Lipinski definition) is 3. The molecule has 1 aliphatic carbocycles. The highest BCUT2D eigenvalue weighted by molar-refractivity contribution is 6.32. The molecule has 3 aromatic rings. The van der Waals surface area contributed by atoms with Crippen molar-refractivity contribution in [2.45, 2.75) is 32.2 Å². The molecule has 0 spiro atoms.